The van der Waals surface area contributed by atoms with Crippen molar-refractivity contribution in [3.63, 3.8) is 0 Å². The molecule has 2 rings (SSSR count). The molecule has 2 nitrogen and oxygen atoms in total. The van der Waals surface area contributed by atoms with Gasteiger partial charge < -0.3 is 10.2 Å². The number of benzene rings is 1. The third-order valence-electron chi connectivity index (χ3n) is 4.04. The van der Waals surface area contributed by atoms with Gasteiger partial charge in [-0.3, -0.25) is 0 Å². The van der Waals surface area contributed by atoms with Crippen molar-refractivity contribution < 1.29 is 23.4 Å². The summed E-state index contributed by atoms with van der Waals surface area (Å²) in [6.07, 6.45) is -2.03. The van der Waals surface area contributed by atoms with Crippen LogP contribution in [-0.2, 0) is 6.18 Å². The van der Waals surface area contributed by atoms with Crippen molar-refractivity contribution in [3.05, 3.63) is 35.4 Å². The van der Waals surface area contributed by atoms with Gasteiger partial charge in [0.1, 0.15) is 6.10 Å². The first-order chi connectivity index (χ1) is 9.34. The quantitative estimate of drug-likeness (QED) is 0.812. The number of hydrogen-bond donors (Lipinski definition) is 2. The van der Waals surface area contributed by atoms with Gasteiger partial charge in [-0.05, 0) is 24.5 Å². The first-order valence-corrected chi connectivity index (χ1v) is 6.91. The minimum atomic E-state index is -4.53. The van der Waals surface area contributed by atoms with Crippen molar-refractivity contribution in [1.29, 1.82) is 0 Å². The van der Waals surface area contributed by atoms with Crippen LogP contribution in [0.1, 0.15) is 55.8 Å². The van der Waals surface area contributed by atoms with Crippen molar-refractivity contribution in [1.82, 2.24) is 0 Å². The zero-order valence-corrected chi connectivity index (χ0v) is 11.2. The molecule has 1 aromatic rings. The first-order valence-electron chi connectivity index (χ1n) is 6.91. The lowest BCUT2D eigenvalue weighted by molar-refractivity contribution is -0.142. The summed E-state index contributed by atoms with van der Waals surface area (Å²) in [5.74, 6) is 0. The van der Waals surface area contributed by atoms with Gasteiger partial charge in [-0.25, -0.2) is 0 Å². The maximum Gasteiger partial charge on any atom is 0.416 e. The lowest BCUT2D eigenvalue weighted by atomic mass is 9.83. The molecule has 1 unspecified atom stereocenters. The van der Waals surface area contributed by atoms with Crippen LogP contribution in [0.5, 0.6) is 0 Å². The third-order valence-corrected chi connectivity index (χ3v) is 4.04. The highest BCUT2D eigenvalue weighted by Gasteiger charge is 2.42. The Hall–Kier alpha value is -1.07. The highest BCUT2D eigenvalue weighted by Crippen LogP contribution is 2.42. The molecule has 0 heterocycles. The monoisotopic (exact) mass is 288 g/mol. The molecule has 0 amide bonds. The minimum absolute atomic E-state index is 0.232. The van der Waals surface area contributed by atoms with Crippen LogP contribution in [0.3, 0.4) is 0 Å². The number of aliphatic hydroxyl groups is 2. The van der Waals surface area contributed by atoms with E-state index in [1.807, 2.05) is 0 Å². The molecule has 1 aliphatic rings. The molecule has 1 aliphatic carbocycles. The second-order valence-corrected chi connectivity index (χ2v) is 5.51. The van der Waals surface area contributed by atoms with Crippen LogP contribution in [-0.4, -0.2) is 15.8 Å². The van der Waals surface area contributed by atoms with Crippen LogP contribution in [0.4, 0.5) is 13.2 Å². The summed E-state index contributed by atoms with van der Waals surface area (Å²) >= 11 is 0. The molecule has 0 aliphatic heterocycles. The van der Waals surface area contributed by atoms with E-state index < -0.39 is 23.4 Å². The van der Waals surface area contributed by atoms with E-state index in [1.165, 1.54) is 18.2 Å². The predicted molar refractivity (Wildman–Crippen MR) is 69.1 cm³/mol. The van der Waals surface area contributed by atoms with Crippen LogP contribution in [0.2, 0.25) is 0 Å². The lowest BCUT2D eigenvalue weighted by Gasteiger charge is -2.33. The van der Waals surface area contributed by atoms with Crippen LogP contribution >= 0.6 is 0 Å². The lowest BCUT2D eigenvalue weighted by Crippen LogP contribution is -2.36. The second-order valence-electron chi connectivity index (χ2n) is 5.51. The fourth-order valence-electron chi connectivity index (χ4n) is 2.90. The van der Waals surface area contributed by atoms with Crippen molar-refractivity contribution in [2.24, 2.45) is 0 Å². The third kappa shape index (κ3) is 3.15. The van der Waals surface area contributed by atoms with Crippen LogP contribution in [0.15, 0.2) is 24.3 Å². The number of alkyl halides is 3. The van der Waals surface area contributed by atoms with E-state index in [9.17, 15) is 23.4 Å². The molecule has 1 fully saturated rings. The summed E-state index contributed by atoms with van der Waals surface area (Å²) in [4.78, 5) is 0. The summed E-state index contributed by atoms with van der Waals surface area (Å²) in [5, 5.41) is 20.9. The van der Waals surface area contributed by atoms with Gasteiger partial charge in [-0.15, -0.1) is 0 Å². The number of rotatable bonds is 2. The number of aliphatic hydroxyl groups excluding tert-OH is 1. The SMILES string of the molecule is OC(c1ccccc1C(F)(F)F)C1(O)CCCCCC1. The normalized spacial score (nSPS) is 21.2. The first kappa shape index (κ1) is 15.3. The standard InChI is InChI=1S/C15H19F3O2/c16-15(17,18)12-8-4-3-7-11(12)13(19)14(20)9-5-1-2-6-10-14/h3-4,7-8,13,19-20H,1-2,5-6,9-10H2. The molecule has 0 aromatic heterocycles. The average molecular weight is 288 g/mol. The molecule has 20 heavy (non-hydrogen) atoms. The van der Waals surface area contributed by atoms with E-state index in [0.29, 0.717) is 12.8 Å². The van der Waals surface area contributed by atoms with Gasteiger partial charge in [0.05, 0.1) is 11.2 Å². The maximum absolute atomic E-state index is 13.0. The highest BCUT2D eigenvalue weighted by atomic mass is 19.4. The second kappa shape index (κ2) is 5.74. The van der Waals surface area contributed by atoms with E-state index in [-0.39, 0.29) is 5.56 Å². The summed E-state index contributed by atoms with van der Waals surface area (Å²) in [7, 11) is 0. The molecule has 5 heteroatoms. The molecule has 2 N–H and O–H groups in total. The topological polar surface area (TPSA) is 40.5 Å². The van der Waals surface area contributed by atoms with E-state index >= 15 is 0 Å². The van der Waals surface area contributed by atoms with E-state index in [2.05, 4.69) is 0 Å². The summed E-state index contributed by atoms with van der Waals surface area (Å²) < 4.78 is 39.0. The molecule has 1 atom stereocenters. The van der Waals surface area contributed by atoms with Gasteiger partial charge in [-0.2, -0.15) is 13.2 Å². The summed E-state index contributed by atoms with van der Waals surface area (Å²) in [6, 6.07) is 4.93. The van der Waals surface area contributed by atoms with Crippen LogP contribution in [0, 0.1) is 0 Å². The Balaban J connectivity index is 2.35. The molecule has 0 bridgehead atoms. The van der Waals surface area contributed by atoms with Crippen molar-refractivity contribution in [2.75, 3.05) is 0 Å². The van der Waals surface area contributed by atoms with Gasteiger partial charge in [0.25, 0.3) is 0 Å². The summed E-state index contributed by atoms with van der Waals surface area (Å²) in [5.41, 5.74) is -2.56. The Morgan fingerprint density at radius 1 is 1.00 bits per heavy atom. The Labute approximate surface area is 116 Å². The smallest absolute Gasteiger partial charge is 0.387 e. The Kier molecular flexibility index (Phi) is 4.39. The highest BCUT2D eigenvalue weighted by molar-refractivity contribution is 5.33. The zero-order chi connectivity index (χ0) is 14.8. The largest absolute Gasteiger partial charge is 0.416 e. The van der Waals surface area contributed by atoms with E-state index in [4.69, 9.17) is 0 Å². The van der Waals surface area contributed by atoms with Gasteiger partial charge >= 0.3 is 6.18 Å². The van der Waals surface area contributed by atoms with Gasteiger partial charge in [0, 0.05) is 0 Å². The summed E-state index contributed by atoms with van der Waals surface area (Å²) in [6.45, 7) is 0. The molecular weight excluding hydrogens is 269 g/mol. The van der Waals surface area contributed by atoms with Gasteiger partial charge in [0.2, 0.25) is 0 Å². The van der Waals surface area contributed by atoms with Crippen LogP contribution in [0.25, 0.3) is 0 Å². The van der Waals surface area contributed by atoms with Crippen molar-refractivity contribution >= 4 is 0 Å². The Morgan fingerprint density at radius 3 is 2.10 bits per heavy atom. The van der Waals surface area contributed by atoms with Crippen LogP contribution < -0.4 is 0 Å². The number of hydrogen-bond acceptors (Lipinski definition) is 2. The molecular formula is C15H19F3O2. The molecule has 0 spiro atoms. The molecule has 1 aromatic carbocycles. The van der Waals surface area contributed by atoms with Gasteiger partial charge in [0.15, 0.2) is 0 Å². The predicted octanol–water partition coefficient (Wildman–Crippen LogP) is 3.82. The fraction of sp³-hybridized carbons (Fsp3) is 0.600. The minimum Gasteiger partial charge on any atom is -0.387 e. The van der Waals surface area contributed by atoms with Crippen molar-refractivity contribution in [3.8, 4) is 0 Å². The zero-order valence-electron chi connectivity index (χ0n) is 11.2. The maximum atomic E-state index is 13.0. The van der Waals surface area contributed by atoms with E-state index in [0.717, 1.165) is 31.7 Å². The molecule has 0 radical (unpaired) electrons. The average Bonchev–Trinajstić information content (AvgIpc) is 2.63. The molecule has 0 saturated heterocycles. The van der Waals surface area contributed by atoms with E-state index in [1.54, 1.807) is 0 Å². The Bertz CT molecular complexity index is 449. The Morgan fingerprint density at radius 2 is 1.55 bits per heavy atom. The fourth-order valence-corrected chi connectivity index (χ4v) is 2.90. The number of halogens is 3. The molecule has 112 valence electrons. The van der Waals surface area contributed by atoms with Gasteiger partial charge in [-0.1, -0.05) is 43.9 Å². The van der Waals surface area contributed by atoms with Crippen molar-refractivity contribution in [2.45, 2.75) is 56.4 Å². The molecule has 1 saturated carbocycles.